The highest BCUT2D eigenvalue weighted by Gasteiger charge is 2.41. The molecule has 1 saturated carbocycles. The average molecular weight is 558 g/mol. The molecular weight excluding hydrogens is 530 g/mol. The maximum atomic E-state index is 12.6. The molecule has 2 aromatic heterocycles. The number of hydrogen-bond donors (Lipinski definition) is 2. The Hall–Kier alpha value is -3.65. The standard InChI is InChI=1S/C29H28BrN5O2/c1-28(2,3)37-27(36)34-29(15-7-16-29)19-13-11-18(12-14-19)23-24(30)33-26-20-8-4-5-9-21(20)32-25-22(35(23)26)10-6-17-31-25/h4-6,8-14,17H,7,15-16H2,1-3H3,(H,31,32)(H,34,36). The van der Waals surface area contributed by atoms with Gasteiger partial charge in [0.2, 0.25) is 0 Å². The molecule has 37 heavy (non-hydrogen) atoms. The van der Waals surface area contributed by atoms with Crippen LogP contribution in [0.4, 0.5) is 16.3 Å². The third kappa shape index (κ3) is 4.19. The van der Waals surface area contributed by atoms with Crippen LogP contribution in [0.25, 0.3) is 28.3 Å². The molecule has 1 fully saturated rings. The number of fused-ring (bicyclic) bond motifs is 5. The van der Waals surface area contributed by atoms with Gasteiger partial charge in [-0.2, -0.15) is 0 Å². The van der Waals surface area contributed by atoms with E-state index in [9.17, 15) is 4.79 Å². The van der Waals surface area contributed by atoms with Gasteiger partial charge in [0, 0.05) is 17.3 Å². The summed E-state index contributed by atoms with van der Waals surface area (Å²) >= 11 is 3.74. The maximum Gasteiger partial charge on any atom is 0.408 e. The highest BCUT2D eigenvalue weighted by atomic mass is 79.9. The van der Waals surface area contributed by atoms with Crippen LogP contribution in [0.5, 0.6) is 0 Å². The van der Waals surface area contributed by atoms with Gasteiger partial charge >= 0.3 is 6.09 Å². The third-order valence-corrected chi connectivity index (χ3v) is 7.49. The smallest absolute Gasteiger partial charge is 0.408 e. The molecule has 0 saturated heterocycles. The van der Waals surface area contributed by atoms with E-state index in [1.54, 1.807) is 6.20 Å². The lowest BCUT2D eigenvalue weighted by Crippen LogP contribution is -2.52. The molecule has 1 aliphatic heterocycles. The minimum Gasteiger partial charge on any atom is -0.444 e. The van der Waals surface area contributed by atoms with Crippen LogP contribution in [0.2, 0.25) is 0 Å². The summed E-state index contributed by atoms with van der Waals surface area (Å²) in [5.74, 6) is 1.61. The Morgan fingerprint density at radius 2 is 1.84 bits per heavy atom. The van der Waals surface area contributed by atoms with Gasteiger partial charge in [0.05, 0.1) is 22.6 Å². The van der Waals surface area contributed by atoms with Gasteiger partial charge in [-0.3, -0.25) is 4.57 Å². The molecule has 2 N–H and O–H groups in total. The number of amides is 1. The number of anilines is 2. The van der Waals surface area contributed by atoms with Crippen molar-refractivity contribution in [1.29, 1.82) is 0 Å². The van der Waals surface area contributed by atoms with Crippen LogP contribution in [0.15, 0.2) is 71.5 Å². The number of carbonyl (C=O) groups excluding carboxylic acids is 1. The van der Waals surface area contributed by atoms with Gasteiger partial charge in [0.15, 0.2) is 5.82 Å². The molecule has 0 radical (unpaired) electrons. The van der Waals surface area contributed by atoms with Gasteiger partial charge in [-0.1, -0.05) is 36.4 Å². The number of ether oxygens (including phenoxy) is 1. The number of nitrogens with zero attached hydrogens (tertiary/aromatic N) is 3. The molecule has 188 valence electrons. The largest absolute Gasteiger partial charge is 0.444 e. The van der Waals surface area contributed by atoms with Crippen LogP contribution in [0.3, 0.4) is 0 Å². The second kappa shape index (κ2) is 8.73. The lowest BCUT2D eigenvalue weighted by molar-refractivity contribution is 0.0377. The number of rotatable bonds is 3. The summed E-state index contributed by atoms with van der Waals surface area (Å²) < 4.78 is 8.45. The van der Waals surface area contributed by atoms with Gasteiger partial charge < -0.3 is 15.4 Å². The van der Waals surface area contributed by atoms with E-state index in [2.05, 4.69) is 66.4 Å². The Balaban J connectivity index is 1.41. The number of halogens is 1. The molecule has 1 amide bonds. The Morgan fingerprint density at radius 1 is 1.08 bits per heavy atom. The number of benzene rings is 2. The lowest BCUT2D eigenvalue weighted by Gasteiger charge is -2.43. The van der Waals surface area contributed by atoms with Gasteiger partial charge in [-0.25, -0.2) is 14.8 Å². The molecule has 2 aromatic carbocycles. The topological polar surface area (TPSA) is 81.1 Å². The van der Waals surface area contributed by atoms with Crippen LogP contribution in [-0.4, -0.2) is 26.2 Å². The zero-order valence-electron chi connectivity index (χ0n) is 21.0. The van der Waals surface area contributed by atoms with E-state index >= 15 is 0 Å². The van der Waals surface area contributed by atoms with Crippen LogP contribution >= 0.6 is 15.9 Å². The fourth-order valence-electron chi connectivity index (χ4n) is 5.11. The summed E-state index contributed by atoms with van der Waals surface area (Å²) in [6.07, 6.45) is 4.25. The average Bonchev–Trinajstić information content (AvgIpc) is 3.11. The Morgan fingerprint density at radius 3 is 2.54 bits per heavy atom. The van der Waals surface area contributed by atoms with Crippen molar-refractivity contribution in [1.82, 2.24) is 19.9 Å². The number of imidazole rings is 1. The van der Waals surface area contributed by atoms with Crippen molar-refractivity contribution in [2.24, 2.45) is 0 Å². The van der Waals surface area contributed by atoms with Crippen molar-refractivity contribution in [3.8, 4) is 28.3 Å². The zero-order chi connectivity index (χ0) is 25.8. The number of pyridine rings is 1. The first-order valence-electron chi connectivity index (χ1n) is 12.5. The van der Waals surface area contributed by atoms with Crippen molar-refractivity contribution in [2.75, 3.05) is 5.32 Å². The van der Waals surface area contributed by atoms with Crippen molar-refractivity contribution < 1.29 is 9.53 Å². The molecule has 0 bridgehead atoms. The monoisotopic (exact) mass is 557 g/mol. The Labute approximate surface area is 224 Å². The summed E-state index contributed by atoms with van der Waals surface area (Å²) in [6, 6.07) is 20.5. The normalized spacial score (nSPS) is 15.2. The fourth-order valence-corrected chi connectivity index (χ4v) is 5.68. The summed E-state index contributed by atoms with van der Waals surface area (Å²) in [4.78, 5) is 22.1. The SMILES string of the molecule is CC(C)(C)OC(=O)NC1(c2ccc(-c3c(Br)nc4n3-c3cccnc3Nc3ccccc3-4)cc2)CCC1. The molecular formula is C29H28BrN5O2. The number of alkyl carbamates (subject to hydrolysis) is 1. The molecule has 0 unspecified atom stereocenters. The minimum absolute atomic E-state index is 0.379. The molecule has 4 aromatic rings. The van der Waals surface area contributed by atoms with Crippen LogP contribution in [-0.2, 0) is 10.3 Å². The molecule has 3 heterocycles. The van der Waals surface area contributed by atoms with Crippen molar-refractivity contribution in [3.05, 3.63) is 77.0 Å². The van der Waals surface area contributed by atoms with Crippen molar-refractivity contribution in [2.45, 2.75) is 51.2 Å². The molecule has 6 rings (SSSR count). The number of carbonyl (C=O) groups is 1. The quantitative estimate of drug-likeness (QED) is 0.243. The number of para-hydroxylation sites is 1. The number of hydrogen-bond acceptors (Lipinski definition) is 5. The zero-order valence-corrected chi connectivity index (χ0v) is 22.6. The molecule has 8 heteroatoms. The summed E-state index contributed by atoms with van der Waals surface area (Å²) in [6.45, 7) is 5.63. The fraction of sp³-hybridized carbons (Fsp3) is 0.276. The first-order chi connectivity index (χ1) is 17.7. The second-order valence-electron chi connectivity index (χ2n) is 10.6. The maximum absolute atomic E-state index is 12.6. The van der Waals surface area contributed by atoms with E-state index in [4.69, 9.17) is 9.72 Å². The van der Waals surface area contributed by atoms with Crippen LogP contribution in [0.1, 0.15) is 45.6 Å². The highest BCUT2D eigenvalue weighted by molar-refractivity contribution is 9.10. The minimum atomic E-state index is -0.538. The van der Waals surface area contributed by atoms with E-state index in [1.807, 2.05) is 51.1 Å². The highest BCUT2D eigenvalue weighted by Crippen LogP contribution is 2.45. The van der Waals surface area contributed by atoms with Gasteiger partial charge in [-0.15, -0.1) is 0 Å². The van der Waals surface area contributed by atoms with E-state index in [-0.39, 0.29) is 6.09 Å². The van der Waals surface area contributed by atoms with Crippen LogP contribution in [0, 0.1) is 0 Å². The summed E-state index contributed by atoms with van der Waals surface area (Å²) in [7, 11) is 0. The molecule has 0 spiro atoms. The first-order valence-corrected chi connectivity index (χ1v) is 13.3. The van der Waals surface area contributed by atoms with E-state index in [0.29, 0.717) is 0 Å². The lowest BCUT2D eigenvalue weighted by atomic mass is 9.72. The molecule has 0 atom stereocenters. The predicted octanol–water partition coefficient (Wildman–Crippen LogP) is 7.32. The Kier molecular flexibility index (Phi) is 5.60. The van der Waals surface area contributed by atoms with E-state index < -0.39 is 11.1 Å². The van der Waals surface area contributed by atoms with Gasteiger partial charge in [0.25, 0.3) is 0 Å². The molecule has 7 nitrogen and oxygen atoms in total. The molecule has 2 aliphatic rings. The van der Waals surface area contributed by atoms with E-state index in [1.165, 1.54) is 0 Å². The Bertz CT molecular complexity index is 1500. The van der Waals surface area contributed by atoms with Gasteiger partial charge in [0.1, 0.15) is 16.0 Å². The van der Waals surface area contributed by atoms with Crippen molar-refractivity contribution in [3.63, 3.8) is 0 Å². The summed E-state index contributed by atoms with van der Waals surface area (Å²) in [5.41, 5.74) is 4.98. The number of aromatic nitrogens is 3. The van der Waals surface area contributed by atoms with E-state index in [0.717, 1.165) is 69.3 Å². The van der Waals surface area contributed by atoms with Crippen molar-refractivity contribution >= 4 is 33.5 Å². The second-order valence-corrected chi connectivity index (χ2v) is 11.3. The molecule has 1 aliphatic carbocycles. The van der Waals surface area contributed by atoms with Crippen LogP contribution < -0.4 is 10.6 Å². The third-order valence-electron chi connectivity index (χ3n) is 6.94. The van der Waals surface area contributed by atoms with Gasteiger partial charge in [-0.05, 0) is 85.8 Å². The number of nitrogens with one attached hydrogen (secondary N) is 2. The first kappa shape index (κ1) is 23.7. The predicted molar refractivity (Wildman–Crippen MR) is 148 cm³/mol. The summed E-state index contributed by atoms with van der Waals surface area (Å²) in [5, 5.41) is 6.62.